The van der Waals surface area contributed by atoms with Gasteiger partial charge in [-0.05, 0) is 60.7 Å². The van der Waals surface area contributed by atoms with E-state index in [1.54, 1.807) is 0 Å². The second-order valence-corrected chi connectivity index (χ2v) is 8.56. The van der Waals surface area contributed by atoms with E-state index in [1.807, 2.05) is 130 Å². The van der Waals surface area contributed by atoms with E-state index in [-0.39, 0.29) is 0 Å². The third kappa shape index (κ3) is 4.27. The minimum atomic E-state index is 0.851. The van der Waals surface area contributed by atoms with Crippen molar-refractivity contribution in [2.45, 2.75) is 0 Å². The van der Waals surface area contributed by atoms with Gasteiger partial charge in [0, 0.05) is 60.3 Å². The lowest BCUT2D eigenvalue weighted by molar-refractivity contribution is 0.488. The topological polar surface area (TPSA) is 69.3 Å². The van der Waals surface area contributed by atoms with Crippen LogP contribution in [0.3, 0.4) is 0 Å². The molecule has 0 aromatic carbocycles. The molecule has 0 saturated heterocycles. The maximum absolute atomic E-state index is 4.70. The number of allylic oxidation sites excluding steroid dienone is 4. The van der Waals surface area contributed by atoms with E-state index in [9.17, 15) is 0 Å². The number of aromatic amines is 2. The summed E-state index contributed by atoms with van der Waals surface area (Å²) in [4.78, 5) is 23.7. The molecular weight excluding hydrogens is 448 g/mol. The normalized spacial score (nSPS) is 19.8. The Hall–Kier alpha value is -4.98. The zero-order valence-electron chi connectivity index (χ0n) is 19.1. The fraction of sp³-hybridized carbons (Fsp3) is 0. The highest BCUT2D eigenvalue weighted by Crippen LogP contribution is 2.20. The fourth-order valence-corrected chi connectivity index (χ4v) is 4.15. The van der Waals surface area contributed by atoms with Gasteiger partial charge in [-0.2, -0.15) is 0 Å². The van der Waals surface area contributed by atoms with Crippen LogP contribution in [0.1, 0.15) is 0 Å². The number of aliphatic imine (C=N–C) groups is 2. The molecule has 0 fully saturated rings. The molecule has 2 aromatic rings. The van der Waals surface area contributed by atoms with E-state index in [0.717, 1.165) is 44.2 Å². The molecule has 0 atom stereocenters. The van der Waals surface area contributed by atoms with Gasteiger partial charge in [-0.15, -0.1) is 0 Å². The van der Waals surface area contributed by atoms with Gasteiger partial charge in [-0.1, -0.05) is 0 Å². The maximum atomic E-state index is 4.70. The van der Waals surface area contributed by atoms with Gasteiger partial charge in [0.1, 0.15) is 0 Å². The van der Waals surface area contributed by atoms with Crippen molar-refractivity contribution in [3.05, 3.63) is 132 Å². The van der Waals surface area contributed by atoms with Gasteiger partial charge in [-0.25, -0.2) is 9.98 Å². The highest BCUT2D eigenvalue weighted by molar-refractivity contribution is 6.19. The van der Waals surface area contributed by atoms with Gasteiger partial charge in [0.05, 0.1) is 33.5 Å². The van der Waals surface area contributed by atoms with Crippen LogP contribution in [0, 0.1) is 13.3 Å². The van der Waals surface area contributed by atoms with Crippen molar-refractivity contribution < 1.29 is 0 Å². The van der Waals surface area contributed by atoms with Gasteiger partial charge in [0.2, 0.25) is 13.3 Å². The van der Waals surface area contributed by atoms with Crippen LogP contribution in [0.15, 0.2) is 107 Å². The lowest BCUT2D eigenvalue weighted by atomic mass is 10.3. The molecule has 36 heavy (non-hydrogen) atoms. The first-order chi connectivity index (χ1) is 17.7. The smallest absolute Gasteiger partial charge is 0.216 e. The Morgan fingerprint density at radius 2 is 0.917 bits per heavy atom. The van der Waals surface area contributed by atoms with Gasteiger partial charge in [-0.3, -0.25) is 0 Å². The number of hydrogen-bond acceptors (Lipinski definition) is 6. The molecule has 0 saturated carbocycles. The second kappa shape index (κ2) is 8.35. The standard InChI is InChI=1S/C28H20N8/c1-5-25-15-33-9-10-34(19-33)17-27-7-3-23(31-27)14-24-4-8-28(32-24)18-36-12-11-35(20-36)16-26-6-2-22(30-26)13-21(1)29-25/h1-18,29,31H. The lowest BCUT2D eigenvalue weighted by Gasteiger charge is -2.12. The Morgan fingerprint density at radius 1 is 0.500 bits per heavy atom. The molecule has 0 unspecified atom stereocenters. The summed E-state index contributed by atoms with van der Waals surface area (Å²) >= 11 is 0. The number of hydrogen-bond donors (Lipinski definition) is 2. The number of nitrogens with zero attached hydrogens (tertiary/aromatic N) is 6. The molecule has 172 valence electrons. The average molecular weight is 469 g/mol. The summed E-state index contributed by atoms with van der Waals surface area (Å²) in [7, 11) is 0. The molecular formula is C28H20N8. The van der Waals surface area contributed by atoms with Crippen LogP contribution in [0.5, 0.6) is 0 Å². The molecule has 5 aliphatic heterocycles. The van der Waals surface area contributed by atoms with E-state index in [0.29, 0.717) is 0 Å². The molecule has 8 heteroatoms. The van der Waals surface area contributed by atoms with Crippen LogP contribution >= 0.6 is 0 Å². The van der Waals surface area contributed by atoms with Crippen molar-refractivity contribution in [1.82, 2.24) is 29.6 Å². The zero-order valence-corrected chi connectivity index (χ0v) is 19.1. The summed E-state index contributed by atoms with van der Waals surface area (Å²) in [5.74, 6) is 0. The molecule has 0 amide bonds. The molecule has 2 aromatic heterocycles. The predicted molar refractivity (Wildman–Crippen MR) is 139 cm³/mol. The predicted octanol–water partition coefficient (Wildman–Crippen LogP) is 0.968. The summed E-state index contributed by atoms with van der Waals surface area (Å²) in [6.07, 6.45) is 27.6. The van der Waals surface area contributed by atoms with Crippen LogP contribution in [-0.4, -0.2) is 41.0 Å². The van der Waals surface area contributed by atoms with Gasteiger partial charge in [0.15, 0.2) is 0 Å². The van der Waals surface area contributed by atoms with Crippen molar-refractivity contribution in [2.75, 3.05) is 0 Å². The number of fused-ring (bicyclic) bond motifs is 10. The van der Waals surface area contributed by atoms with Crippen molar-refractivity contribution in [1.29, 1.82) is 0 Å². The lowest BCUT2D eigenvalue weighted by Crippen LogP contribution is -2.19. The fourth-order valence-electron chi connectivity index (χ4n) is 4.15. The average Bonchev–Trinajstić information content (AvgIpc) is 3.68. The third-order valence-corrected chi connectivity index (χ3v) is 5.77. The van der Waals surface area contributed by atoms with Crippen LogP contribution in [-0.2, 0) is 0 Å². The summed E-state index contributed by atoms with van der Waals surface area (Å²) in [5.41, 5.74) is 3.46. The molecule has 5 aliphatic rings. The summed E-state index contributed by atoms with van der Waals surface area (Å²) < 4.78 is 0. The first-order valence-corrected chi connectivity index (χ1v) is 11.5. The van der Waals surface area contributed by atoms with Crippen molar-refractivity contribution in [3.8, 4) is 0 Å². The Bertz CT molecular complexity index is 1590. The monoisotopic (exact) mass is 468 g/mol. The summed E-state index contributed by atoms with van der Waals surface area (Å²) in [5, 5.41) is 3.88. The van der Waals surface area contributed by atoms with E-state index in [4.69, 9.17) is 9.98 Å². The number of nitrogens with one attached hydrogen (secondary N) is 2. The number of H-pyrrole nitrogens is 2. The molecule has 7 rings (SSSR count). The molecule has 12 bridgehead atoms. The number of aromatic nitrogens is 2. The second-order valence-electron chi connectivity index (χ2n) is 8.56. The molecule has 2 N–H and O–H groups in total. The summed E-state index contributed by atoms with van der Waals surface area (Å²) in [6.45, 7) is 6.54. The van der Waals surface area contributed by atoms with E-state index in [2.05, 4.69) is 23.3 Å². The van der Waals surface area contributed by atoms with E-state index < -0.39 is 0 Å². The Balaban J connectivity index is 1.25. The Kier molecular flexibility index (Phi) is 4.73. The van der Waals surface area contributed by atoms with Gasteiger partial charge < -0.3 is 29.6 Å². The van der Waals surface area contributed by atoms with Gasteiger partial charge in [0.25, 0.3) is 0 Å². The van der Waals surface area contributed by atoms with E-state index in [1.165, 1.54) is 0 Å². The SMILES string of the molecule is [C]1N2C=CN1C=C1C=CC(=N1)C=c1ccc([nH]1)=CN1[C]N(C=C1)C=c1ccc([nH]1)=CC1=NC(=C2)C=C1. The van der Waals surface area contributed by atoms with Crippen LogP contribution < -0.4 is 21.4 Å². The molecule has 0 spiro atoms. The van der Waals surface area contributed by atoms with E-state index >= 15 is 0 Å². The molecule has 7 heterocycles. The van der Waals surface area contributed by atoms with Crippen molar-refractivity contribution in [2.24, 2.45) is 9.98 Å². The Labute approximate surface area is 207 Å². The highest BCUT2D eigenvalue weighted by atomic mass is 15.3. The molecule has 4 radical (unpaired) electrons. The molecule has 0 aliphatic carbocycles. The Morgan fingerprint density at radius 3 is 1.39 bits per heavy atom. The van der Waals surface area contributed by atoms with Crippen molar-refractivity contribution in [3.63, 3.8) is 0 Å². The third-order valence-electron chi connectivity index (χ3n) is 5.77. The van der Waals surface area contributed by atoms with Crippen LogP contribution in [0.4, 0.5) is 0 Å². The maximum Gasteiger partial charge on any atom is 0.216 e. The first-order valence-electron chi connectivity index (χ1n) is 11.5. The van der Waals surface area contributed by atoms with Gasteiger partial charge >= 0.3 is 0 Å². The number of rotatable bonds is 0. The quantitative estimate of drug-likeness (QED) is 0.605. The summed E-state index contributed by atoms with van der Waals surface area (Å²) in [6, 6.07) is 8.14. The minimum Gasteiger partial charge on any atom is -0.354 e. The first kappa shape index (κ1) is 20.4. The van der Waals surface area contributed by atoms with Crippen molar-refractivity contribution >= 4 is 36.0 Å². The highest BCUT2D eigenvalue weighted by Gasteiger charge is 2.14. The minimum absolute atomic E-state index is 0.851. The van der Waals surface area contributed by atoms with Crippen LogP contribution in [0.2, 0.25) is 0 Å². The zero-order chi connectivity index (χ0) is 23.9. The molecule has 8 nitrogen and oxygen atoms in total. The van der Waals surface area contributed by atoms with Crippen LogP contribution in [0.25, 0.3) is 24.6 Å². The largest absolute Gasteiger partial charge is 0.354 e.